The van der Waals surface area contributed by atoms with Gasteiger partial charge in [0.1, 0.15) is 0 Å². The molecule has 0 saturated heterocycles. The maximum Gasteiger partial charge on any atom is 0.303 e. The molecular formula is C18H34O3. The van der Waals surface area contributed by atoms with Gasteiger partial charge in [-0.2, -0.15) is 0 Å². The highest BCUT2D eigenvalue weighted by Gasteiger charge is 2.01. The third-order valence-electron chi connectivity index (χ3n) is 3.73. The van der Waals surface area contributed by atoms with E-state index in [1.54, 1.807) is 0 Å². The van der Waals surface area contributed by atoms with Gasteiger partial charge in [-0.15, -0.1) is 0 Å². The smallest absolute Gasteiger partial charge is 0.303 e. The van der Waals surface area contributed by atoms with Gasteiger partial charge in [0.05, 0.1) is 6.10 Å². The molecule has 0 aromatic carbocycles. The van der Waals surface area contributed by atoms with Gasteiger partial charge < -0.3 is 10.2 Å². The molecule has 0 unspecified atom stereocenters. The number of carboxylic acid groups (broad SMARTS) is 1. The minimum Gasteiger partial charge on any atom is -0.481 e. The van der Waals surface area contributed by atoms with E-state index in [9.17, 15) is 9.90 Å². The first kappa shape index (κ1) is 20.2. The van der Waals surface area contributed by atoms with Crippen LogP contribution in [0, 0.1) is 0 Å². The Morgan fingerprint density at radius 3 is 2.29 bits per heavy atom. The van der Waals surface area contributed by atoms with Gasteiger partial charge >= 0.3 is 5.97 Å². The zero-order valence-electron chi connectivity index (χ0n) is 13.7. The summed E-state index contributed by atoms with van der Waals surface area (Å²) in [6.45, 7) is 2.21. The van der Waals surface area contributed by atoms with Crippen molar-refractivity contribution in [2.24, 2.45) is 0 Å². The summed E-state index contributed by atoms with van der Waals surface area (Å²) in [5, 5.41) is 18.4. The van der Waals surface area contributed by atoms with Crippen LogP contribution >= 0.6 is 0 Å². The van der Waals surface area contributed by atoms with E-state index in [4.69, 9.17) is 5.11 Å². The molecule has 0 aliphatic carbocycles. The molecular weight excluding hydrogens is 264 g/mol. The lowest BCUT2D eigenvalue weighted by molar-refractivity contribution is -0.137. The number of allylic oxidation sites excluding steroid dienone is 1. The topological polar surface area (TPSA) is 57.5 Å². The number of unbranched alkanes of at least 4 members (excludes halogenated alkanes) is 8. The molecule has 0 aliphatic rings. The van der Waals surface area contributed by atoms with Crippen LogP contribution in [0.1, 0.15) is 90.4 Å². The van der Waals surface area contributed by atoms with Crippen LogP contribution in [0.3, 0.4) is 0 Å². The quantitative estimate of drug-likeness (QED) is 0.327. The summed E-state index contributed by atoms with van der Waals surface area (Å²) in [4.78, 5) is 10.3. The van der Waals surface area contributed by atoms with E-state index in [-0.39, 0.29) is 6.10 Å². The van der Waals surface area contributed by atoms with E-state index < -0.39 is 5.97 Å². The van der Waals surface area contributed by atoms with Gasteiger partial charge in [0.15, 0.2) is 0 Å². The molecule has 1 atom stereocenters. The van der Waals surface area contributed by atoms with Gasteiger partial charge in [-0.1, -0.05) is 64.0 Å². The summed E-state index contributed by atoms with van der Waals surface area (Å²) < 4.78 is 0. The molecule has 0 amide bonds. The first-order valence-corrected chi connectivity index (χ1v) is 8.71. The highest BCUT2D eigenvalue weighted by atomic mass is 16.4. The number of carboxylic acids is 1. The van der Waals surface area contributed by atoms with Crippen LogP contribution in [0.5, 0.6) is 0 Å². The molecule has 21 heavy (non-hydrogen) atoms. The molecule has 0 aromatic rings. The summed E-state index contributed by atoms with van der Waals surface area (Å²) in [6, 6.07) is 0. The molecule has 3 nitrogen and oxygen atoms in total. The van der Waals surface area contributed by atoms with Crippen molar-refractivity contribution in [2.45, 2.75) is 96.5 Å². The first-order valence-electron chi connectivity index (χ1n) is 8.71. The van der Waals surface area contributed by atoms with E-state index in [2.05, 4.69) is 19.1 Å². The van der Waals surface area contributed by atoms with E-state index in [1.807, 2.05) is 0 Å². The second-order valence-corrected chi connectivity index (χ2v) is 5.91. The zero-order chi connectivity index (χ0) is 15.8. The third kappa shape index (κ3) is 17.1. The molecule has 0 saturated carbocycles. The van der Waals surface area contributed by atoms with Gasteiger partial charge in [0.25, 0.3) is 0 Å². The predicted octanol–water partition coefficient (Wildman–Crippen LogP) is 5.08. The maximum atomic E-state index is 10.3. The minimum atomic E-state index is -0.694. The van der Waals surface area contributed by atoms with Crippen LogP contribution < -0.4 is 0 Å². The van der Waals surface area contributed by atoms with Crippen molar-refractivity contribution in [2.75, 3.05) is 0 Å². The molecule has 0 fully saturated rings. The Morgan fingerprint density at radius 1 is 0.952 bits per heavy atom. The van der Waals surface area contributed by atoms with Crippen LogP contribution in [-0.2, 0) is 4.79 Å². The van der Waals surface area contributed by atoms with E-state index >= 15 is 0 Å². The molecule has 0 bridgehead atoms. The number of hydrogen-bond acceptors (Lipinski definition) is 2. The number of carbonyl (C=O) groups is 1. The molecule has 0 heterocycles. The Bertz CT molecular complexity index is 261. The second-order valence-electron chi connectivity index (χ2n) is 5.91. The fourth-order valence-electron chi connectivity index (χ4n) is 2.36. The lowest BCUT2D eigenvalue weighted by Gasteiger charge is -2.07. The van der Waals surface area contributed by atoms with Gasteiger partial charge in [-0.05, 0) is 32.1 Å². The molecule has 0 aliphatic heterocycles. The molecule has 124 valence electrons. The van der Waals surface area contributed by atoms with E-state index in [0.717, 1.165) is 57.8 Å². The Kier molecular flexibility index (Phi) is 14.9. The van der Waals surface area contributed by atoms with Gasteiger partial charge in [0.2, 0.25) is 0 Å². The lowest BCUT2D eigenvalue weighted by Crippen LogP contribution is -2.04. The Morgan fingerprint density at radius 2 is 1.62 bits per heavy atom. The fourth-order valence-corrected chi connectivity index (χ4v) is 2.36. The Balaban J connectivity index is 3.26. The predicted molar refractivity (Wildman–Crippen MR) is 88.5 cm³/mol. The third-order valence-corrected chi connectivity index (χ3v) is 3.73. The summed E-state index contributed by atoms with van der Waals surface area (Å²) in [7, 11) is 0. The average Bonchev–Trinajstić information content (AvgIpc) is 2.45. The van der Waals surface area contributed by atoms with Gasteiger partial charge in [-0.25, -0.2) is 0 Å². The molecule has 0 radical (unpaired) electrons. The van der Waals surface area contributed by atoms with Crippen molar-refractivity contribution < 1.29 is 15.0 Å². The highest BCUT2D eigenvalue weighted by Crippen LogP contribution is 2.11. The summed E-state index contributed by atoms with van der Waals surface area (Å²) in [6.07, 6.45) is 17.3. The maximum absolute atomic E-state index is 10.3. The van der Waals surface area contributed by atoms with Crippen molar-refractivity contribution >= 4 is 5.97 Å². The number of aliphatic hydroxyl groups excluding tert-OH is 1. The number of hydrogen-bond donors (Lipinski definition) is 2. The number of rotatable bonds is 15. The second kappa shape index (κ2) is 15.6. The summed E-state index contributed by atoms with van der Waals surface area (Å²) in [5.41, 5.74) is 0. The highest BCUT2D eigenvalue weighted by molar-refractivity contribution is 5.66. The summed E-state index contributed by atoms with van der Waals surface area (Å²) in [5.74, 6) is -0.694. The largest absolute Gasteiger partial charge is 0.481 e. The number of aliphatic hydroxyl groups is 1. The Labute approximate surface area is 130 Å². The van der Waals surface area contributed by atoms with Crippen LogP contribution in [-0.4, -0.2) is 22.3 Å². The SMILES string of the molecule is CCCCCC=CC[C@@H](O)CCCCCCCCC(=O)O. The van der Waals surface area contributed by atoms with Crippen molar-refractivity contribution in [3.63, 3.8) is 0 Å². The van der Waals surface area contributed by atoms with Crippen LogP contribution in [0.25, 0.3) is 0 Å². The Hall–Kier alpha value is -0.830. The van der Waals surface area contributed by atoms with Crippen molar-refractivity contribution in [1.29, 1.82) is 0 Å². The van der Waals surface area contributed by atoms with E-state index in [1.165, 1.54) is 19.3 Å². The number of aliphatic carboxylic acids is 1. The zero-order valence-corrected chi connectivity index (χ0v) is 13.7. The minimum absolute atomic E-state index is 0.195. The van der Waals surface area contributed by atoms with Crippen LogP contribution in [0.15, 0.2) is 12.2 Å². The van der Waals surface area contributed by atoms with Crippen LogP contribution in [0.4, 0.5) is 0 Å². The molecule has 0 aromatic heterocycles. The molecule has 2 N–H and O–H groups in total. The van der Waals surface area contributed by atoms with Crippen molar-refractivity contribution in [3.05, 3.63) is 12.2 Å². The normalized spacial score (nSPS) is 12.9. The van der Waals surface area contributed by atoms with E-state index in [0.29, 0.717) is 6.42 Å². The van der Waals surface area contributed by atoms with Gasteiger partial charge in [0, 0.05) is 6.42 Å². The molecule has 0 spiro atoms. The molecule has 0 rings (SSSR count). The van der Waals surface area contributed by atoms with Crippen molar-refractivity contribution in [1.82, 2.24) is 0 Å². The van der Waals surface area contributed by atoms with Crippen molar-refractivity contribution in [3.8, 4) is 0 Å². The standard InChI is InChI=1S/C18H34O3/c1-2-3-4-5-8-11-14-17(19)15-12-9-6-7-10-13-16-18(20)21/h8,11,17,19H,2-7,9-10,12-16H2,1H3,(H,20,21)/t17-/m1/s1. The van der Waals surface area contributed by atoms with Gasteiger partial charge in [-0.3, -0.25) is 4.79 Å². The average molecular weight is 298 g/mol. The van der Waals surface area contributed by atoms with Crippen LogP contribution in [0.2, 0.25) is 0 Å². The summed E-state index contributed by atoms with van der Waals surface area (Å²) >= 11 is 0. The fraction of sp³-hybridized carbons (Fsp3) is 0.833. The first-order chi connectivity index (χ1) is 10.2. The molecule has 3 heteroatoms. The monoisotopic (exact) mass is 298 g/mol. The lowest BCUT2D eigenvalue weighted by atomic mass is 10.0.